The lowest BCUT2D eigenvalue weighted by molar-refractivity contribution is 0.146. The third kappa shape index (κ3) is 4.49. The van der Waals surface area contributed by atoms with E-state index in [2.05, 4.69) is 34.4 Å². The molecule has 0 radical (unpaired) electrons. The van der Waals surface area contributed by atoms with Crippen LogP contribution in [0.5, 0.6) is 0 Å². The van der Waals surface area contributed by atoms with Crippen molar-refractivity contribution in [3.8, 4) is 0 Å². The fourth-order valence-corrected chi connectivity index (χ4v) is 2.44. The highest BCUT2D eigenvalue weighted by Gasteiger charge is 2.20. The van der Waals surface area contributed by atoms with E-state index in [1.165, 1.54) is 12.8 Å². The molecule has 5 heteroatoms. The molecule has 20 heavy (non-hydrogen) atoms. The van der Waals surface area contributed by atoms with Crippen LogP contribution in [0.4, 0.5) is 10.6 Å². The maximum absolute atomic E-state index is 11.8. The zero-order chi connectivity index (χ0) is 14.4. The highest BCUT2D eigenvalue weighted by Crippen LogP contribution is 2.17. The van der Waals surface area contributed by atoms with Crippen LogP contribution in [0.25, 0.3) is 0 Å². The van der Waals surface area contributed by atoms with Gasteiger partial charge in [0.15, 0.2) is 0 Å². The van der Waals surface area contributed by atoms with Crippen LogP contribution >= 0.6 is 0 Å². The molecule has 110 valence electrons. The molecule has 0 aliphatic carbocycles. The van der Waals surface area contributed by atoms with E-state index in [1.54, 1.807) is 12.3 Å². The topological polar surface area (TPSA) is 57.3 Å². The molecule has 2 amide bonds. The quantitative estimate of drug-likeness (QED) is 0.887. The van der Waals surface area contributed by atoms with Gasteiger partial charge in [0.25, 0.3) is 0 Å². The number of rotatable bonds is 4. The van der Waals surface area contributed by atoms with Crippen molar-refractivity contribution in [1.29, 1.82) is 0 Å². The second-order valence-corrected chi connectivity index (χ2v) is 5.62. The fraction of sp³-hybridized carbons (Fsp3) is 0.600. The maximum atomic E-state index is 11.8. The van der Waals surface area contributed by atoms with Crippen LogP contribution < -0.4 is 10.6 Å². The summed E-state index contributed by atoms with van der Waals surface area (Å²) in [6.07, 6.45) is 4.17. The first-order valence-corrected chi connectivity index (χ1v) is 7.35. The molecule has 0 saturated carbocycles. The number of anilines is 1. The van der Waals surface area contributed by atoms with E-state index in [0.717, 1.165) is 19.0 Å². The molecular weight excluding hydrogens is 252 g/mol. The second-order valence-electron chi connectivity index (χ2n) is 5.62. The Morgan fingerprint density at radius 3 is 2.85 bits per heavy atom. The molecule has 1 atom stereocenters. The summed E-state index contributed by atoms with van der Waals surface area (Å²) in [4.78, 5) is 18.3. The molecule has 1 aliphatic rings. The van der Waals surface area contributed by atoms with Crippen LogP contribution in [0, 0.1) is 5.92 Å². The number of carbonyl (C=O) groups excluding carboxylic acids is 1. The lowest BCUT2D eigenvalue weighted by Gasteiger charge is -2.34. The summed E-state index contributed by atoms with van der Waals surface area (Å²) in [5, 5.41) is 5.64. The summed E-state index contributed by atoms with van der Waals surface area (Å²) in [5.74, 6) is 1.41. The summed E-state index contributed by atoms with van der Waals surface area (Å²) in [6.45, 7) is 7.39. The normalized spacial score (nSPS) is 18.5. The number of carbonyl (C=O) groups is 1. The number of hydrogen-bond donors (Lipinski definition) is 2. The summed E-state index contributed by atoms with van der Waals surface area (Å²) in [7, 11) is 0. The SMILES string of the molecule is CC1CCN([C@H](C)CNC(=O)Nc2ccccn2)CC1. The molecule has 1 aliphatic heterocycles. The van der Waals surface area contributed by atoms with Crippen molar-refractivity contribution in [1.82, 2.24) is 15.2 Å². The first-order chi connectivity index (χ1) is 9.65. The van der Waals surface area contributed by atoms with Crippen molar-refractivity contribution in [2.45, 2.75) is 32.7 Å². The summed E-state index contributed by atoms with van der Waals surface area (Å²) in [6, 6.07) is 5.62. The molecule has 2 N–H and O–H groups in total. The van der Waals surface area contributed by atoms with Gasteiger partial charge in [-0.2, -0.15) is 0 Å². The monoisotopic (exact) mass is 276 g/mol. The molecule has 1 fully saturated rings. The zero-order valence-electron chi connectivity index (χ0n) is 12.3. The average Bonchev–Trinajstić information content (AvgIpc) is 2.46. The van der Waals surface area contributed by atoms with Gasteiger partial charge in [0.2, 0.25) is 0 Å². The predicted molar refractivity (Wildman–Crippen MR) is 80.7 cm³/mol. The molecular formula is C15H24N4O. The summed E-state index contributed by atoms with van der Waals surface area (Å²) in [5.41, 5.74) is 0. The minimum absolute atomic E-state index is 0.194. The van der Waals surface area contributed by atoms with Crippen molar-refractivity contribution in [3.63, 3.8) is 0 Å². The van der Waals surface area contributed by atoms with Gasteiger partial charge in [-0.1, -0.05) is 13.0 Å². The fourth-order valence-electron chi connectivity index (χ4n) is 2.44. The van der Waals surface area contributed by atoms with E-state index in [-0.39, 0.29) is 6.03 Å². The Morgan fingerprint density at radius 2 is 2.20 bits per heavy atom. The van der Waals surface area contributed by atoms with Crippen LogP contribution in [0.2, 0.25) is 0 Å². The number of nitrogens with one attached hydrogen (secondary N) is 2. The number of likely N-dealkylation sites (tertiary alicyclic amines) is 1. The minimum Gasteiger partial charge on any atom is -0.336 e. The van der Waals surface area contributed by atoms with Gasteiger partial charge in [0.05, 0.1) is 0 Å². The zero-order valence-corrected chi connectivity index (χ0v) is 12.3. The number of hydrogen-bond acceptors (Lipinski definition) is 3. The van der Waals surface area contributed by atoms with Crippen LogP contribution in [-0.4, -0.2) is 41.6 Å². The van der Waals surface area contributed by atoms with Crippen molar-refractivity contribution in [2.24, 2.45) is 5.92 Å². The Labute approximate surface area is 120 Å². The Hall–Kier alpha value is -1.62. The highest BCUT2D eigenvalue weighted by molar-refractivity contribution is 5.88. The molecule has 1 aromatic heterocycles. The third-order valence-electron chi connectivity index (χ3n) is 3.91. The van der Waals surface area contributed by atoms with Crippen LogP contribution in [0.1, 0.15) is 26.7 Å². The van der Waals surface area contributed by atoms with Gasteiger partial charge in [-0.25, -0.2) is 9.78 Å². The van der Waals surface area contributed by atoms with E-state index in [0.29, 0.717) is 18.4 Å². The summed E-state index contributed by atoms with van der Waals surface area (Å²) >= 11 is 0. The van der Waals surface area contributed by atoms with Gasteiger partial charge in [-0.05, 0) is 50.9 Å². The first-order valence-electron chi connectivity index (χ1n) is 7.35. The van der Waals surface area contributed by atoms with Gasteiger partial charge in [-0.3, -0.25) is 10.2 Å². The molecule has 0 bridgehead atoms. The smallest absolute Gasteiger partial charge is 0.320 e. The third-order valence-corrected chi connectivity index (χ3v) is 3.91. The molecule has 0 spiro atoms. The largest absolute Gasteiger partial charge is 0.336 e. The van der Waals surface area contributed by atoms with Gasteiger partial charge >= 0.3 is 6.03 Å². The van der Waals surface area contributed by atoms with Crippen LogP contribution in [0.3, 0.4) is 0 Å². The van der Waals surface area contributed by atoms with Crippen molar-refractivity contribution in [3.05, 3.63) is 24.4 Å². The number of pyridine rings is 1. The van der Waals surface area contributed by atoms with Crippen LogP contribution in [0.15, 0.2) is 24.4 Å². The lowest BCUT2D eigenvalue weighted by atomic mass is 9.98. The number of amides is 2. The number of aromatic nitrogens is 1. The maximum Gasteiger partial charge on any atom is 0.320 e. The van der Waals surface area contributed by atoms with Gasteiger partial charge in [-0.15, -0.1) is 0 Å². The molecule has 1 saturated heterocycles. The standard InChI is InChI=1S/C15H24N4O/c1-12-6-9-19(10-7-12)13(2)11-17-15(20)18-14-5-3-4-8-16-14/h3-5,8,12-13H,6-7,9-11H2,1-2H3,(H2,16,17,18,20)/t13-/m1/s1. The van der Waals surface area contributed by atoms with Gasteiger partial charge in [0, 0.05) is 18.8 Å². The van der Waals surface area contributed by atoms with Gasteiger partial charge < -0.3 is 5.32 Å². The van der Waals surface area contributed by atoms with Crippen LogP contribution in [-0.2, 0) is 0 Å². The van der Waals surface area contributed by atoms with E-state index >= 15 is 0 Å². The van der Waals surface area contributed by atoms with E-state index in [9.17, 15) is 4.79 Å². The lowest BCUT2D eigenvalue weighted by Crippen LogP contribution is -2.46. The second kappa shape index (κ2) is 7.24. The number of piperidine rings is 1. The van der Waals surface area contributed by atoms with Crippen molar-refractivity contribution >= 4 is 11.8 Å². The molecule has 5 nitrogen and oxygen atoms in total. The predicted octanol–water partition coefficient (Wildman–Crippen LogP) is 2.32. The minimum atomic E-state index is -0.194. The highest BCUT2D eigenvalue weighted by atomic mass is 16.2. The Morgan fingerprint density at radius 1 is 1.45 bits per heavy atom. The van der Waals surface area contributed by atoms with E-state index in [1.807, 2.05) is 12.1 Å². The molecule has 0 aromatic carbocycles. The Bertz CT molecular complexity index is 415. The van der Waals surface area contributed by atoms with Gasteiger partial charge in [0.1, 0.15) is 5.82 Å². The van der Waals surface area contributed by atoms with E-state index in [4.69, 9.17) is 0 Å². The average molecular weight is 276 g/mol. The number of nitrogens with zero attached hydrogens (tertiary/aromatic N) is 2. The van der Waals surface area contributed by atoms with Crippen molar-refractivity contribution in [2.75, 3.05) is 25.0 Å². The van der Waals surface area contributed by atoms with Crippen molar-refractivity contribution < 1.29 is 4.79 Å². The Balaban J connectivity index is 1.70. The number of urea groups is 1. The summed E-state index contributed by atoms with van der Waals surface area (Å²) < 4.78 is 0. The van der Waals surface area contributed by atoms with E-state index < -0.39 is 0 Å². The molecule has 2 rings (SSSR count). The molecule has 2 heterocycles. The Kier molecular flexibility index (Phi) is 5.35. The molecule has 0 unspecified atom stereocenters. The molecule has 1 aromatic rings. The first kappa shape index (κ1) is 14.8.